The van der Waals surface area contributed by atoms with Crippen LogP contribution in [0.1, 0.15) is 17.7 Å². The third-order valence-electron chi connectivity index (χ3n) is 4.68. The molecule has 7 heteroatoms. The maximum Gasteiger partial charge on any atom is 0.250 e. The molecule has 0 spiro atoms. The molecule has 0 radical (unpaired) electrons. The summed E-state index contributed by atoms with van der Waals surface area (Å²) in [5.41, 5.74) is 0. The van der Waals surface area contributed by atoms with E-state index in [-0.39, 0.29) is 23.9 Å². The van der Waals surface area contributed by atoms with E-state index in [1.54, 1.807) is 22.3 Å². The van der Waals surface area contributed by atoms with E-state index in [0.717, 1.165) is 17.7 Å². The number of pyridine rings is 1. The number of thiophene rings is 1. The lowest BCUT2D eigenvalue weighted by atomic mass is 10.0. The van der Waals surface area contributed by atoms with Crippen molar-refractivity contribution < 1.29 is 18.7 Å². The van der Waals surface area contributed by atoms with Gasteiger partial charge in [-0.15, -0.1) is 11.3 Å². The number of halogens is 1. The lowest BCUT2D eigenvalue weighted by molar-refractivity contribution is -0.129. The van der Waals surface area contributed by atoms with E-state index in [2.05, 4.69) is 4.98 Å². The van der Waals surface area contributed by atoms with Crippen LogP contribution in [0.3, 0.4) is 0 Å². The largest absolute Gasteiger partial charge is 0.468 e. The van der Waals surface area contributed by atoms with Crippen LogP contribution < -0.4 is 4.74 Å². The van der Waals surface area contributed by atoms with E-state index in [1.165, 1.54) is 18.3 Å². The summed E-state index contributed by atoms with van der Waals surface area (Å²) in [6, 6.07) is 6.67. The zero-order valence-electron chi connectivity index (χ0n) is 14.1. The van der Waals surface area contributed by atoms with Gasteiger partial charge >= 0.3 is 0 Å². The summed E-state index contributed by atoms with van der Waals surface area (Å²) < 4.78 is 25.5. The van der Waals surface area contributed by atoms with Crippen molar-refractivity contribution in [2.45, 2.75) is 31.1 Å². The molecule has 5 nitrogen and oxygen atoms in total. The summed E-state index contributed by atoms with van der Waals surface area (Å²) in [6.45, 7) is 0.984. The predicted molar refractivity (Wildman–Crippen MR) is 96.4 cm³/mol. The van der Waals surface area contributed by atoms with E-state index < -0.39 is 11.9 Å². The van der Waals surface area contributed by atoms with Crippen molar-refractivity contribution in [3.63, 3.8) is 0 Å². The molecule has 4 rings (SSSR count). The van der Waals surface area contributed by atoms with Gasteiger partial charge in [0.2, 0.25) is 5.91 Å². The Morgan fingerprint density at radius 1 is 1.42 bits per heavy atom. The second kappa shape index (κ2) is 7.55. The Balaban J connectivity index is 1.51. The van der Waals surface area contributed by atoms with Gasteiger partial charge in [-0.05, 0) is 42.5 Å². The molecule has 2 saturated heterocycles. The maximum absolute atomic E-state index is 13.9. The van der Waals surface area contributed by atoms with Gasteiger partial charge in [0, 0.05) is 23.8 Å². The van der Waals surface area contributed by atoms with Crippen LogP contribution in [0.2, 0.25) is 0 Å². The third-order valence-corrected chi connectivity index (χ3v) is 5.52. The van der Waals surface area contributed by atoms with E-state index in [1.807, 2.05) is 23.6 Å². The minimum atomic E-state index is -0.512. The third kappa shape index (κ3) is 3.50. The number of nitrogens with zero attached hydrogens (tertiary/aromatic N) is 2. The van der Waals surface area contributed by atoms with Gasteiger partial charge in [0.05, 0.1) is 12.6 Å². The fourth-order valence-corrected chi connectivity index (χ4v) is 4.12. The number of hydrogen-bond donors (Lipinski definition) is 0. The van der Waals surface area contributed by atoms with Crippen molar-refractivity contribution >= 4 is 23.3 Å². The number of carbonyl (C=O) groups is 1. The number of fused-ring (bicyclic) bond motifs is 1. The number of ether oxygens (including phenoxy) is 2. The number of aromatic nitrogens is 1. The lowest BCUT2D eigenvalue weighted by Crippen LogP contribution is -2.43. The number of likely N-dealkylation sites (tertiary alicyclic amines) is 1. The van der Waals surface area contributed by atoms with Gasteiger partial charge in [-0.3, -0.25) is 4.79 Å². The van der Waals surface area contributed by atoms with Crippen molar-refractivity contribution in [2.24, 2.45) is 0 Å². The lowest BCUT2D eigenvalue weighted by Gasteiger charge is -2.31. The maximum atomic E-state index is 13.9. The van der Waals surface area contributed by atoms with Crippen molar-refractivity contribution in [1.82, 2.24) is 9.88 Å². The van der Waals surface area contributed by atoms with Crippen LogP contribution in [0.5, 0.6) is 5.88 Å². The Bertz CT molecular complexity index is 796. The average Bonchev–Trinajstić information content (AvgIpc) is 3.30. The summed E-state index contributed by atoms with van der Waals surface area (Å²) in [7, 11) is 0. The minimum absolute atomic E-state index is 0.0474. The molecule has 2 aliphatic heterocycles. The summed E-state index contributed by atoms with van der Waals surface area (Å²) in [5.74, 6) is -0.637. The van der Waals surface area contributed by atoms with Crippen LogP contribution in [0.4, 0.5) is 4.39 Å². The van der Waals surface area contributed by atoms with Crippen molar-refractivity contribution in [3.8, 4) is 5.88 Å². The van der Waals surface area contributed by atoms with Gasteiger partial charge in [0.15, 0.2) is 5.82 Å². The van der Waals surface area contributed by atoms with Gasteiger partial charge in [0.1, 0.15) is 12.2 Å². The van der Waals surface area contributed by atoms with E-state index in [4.69, 9.17) is 9.47 Å². The van der Waals surface area contributed by atoms with Gasteiger partial charge in [0.25, 0.3) is 5.88 Å². The second-order valence-electron chi connectivity index (χ2n) is 6.33. The standard InChI is InChI=1S/C19H19FN2O3S/c20-14-5-1-9-21-19(14)25-16-12-22(15-6-2-10-24-18(15)16)17(23)8-7-13-4-3-11-26-13/h1,3-5,7-9,11,15-16,18H,2,6,10,12H2/b8-7+/t15-,16+,18+/m1/s1. The molecular weight excluding hydrogens is 355 g/mol. The van der Waals surface area contributed by atoms with Gasteiger partial charge in [-0.25, -0.2) is 9.37 Å². The SMILES string of the molecule is O=C(/C=C/c1cccs1)N1C[C@H](Oc2ncccc2F)[C@H]2OCCC[C@H]21. The number of rotatable bonds is 4. The molecule has 0 bridgehead atoms. The highest BCUT2D eigenvalue weighted by atomic mass is 32.1. The molecule has 0 N–H and O–H groups in total. The molecular formula is C19H19FN2O3S. The molecule has 4 heterocycles. The minimum Gasteiger partial charge on any atom is -0.468 e. The normalized spacial score (nSPS) is 25.4. The summed E-state index contributed by atoms with van der Waals surface area (Å²) in [4.78, 5) is 19.5. The molecule has 0 unspecified atom stereocenters. The molecule has 2 fully saturated rings. The van der Waals surface area contributed by atoms with E-state index >= 15 is 0 Å². The first-order valence-electron chi connectivity index (χ1n) is 8.63. The highest BCUT2D eigenvalue weighted by Crippen LogP contribution is 2.32. The fraction of sp³-hybridized carbons (Fsp3) is 0.368. The Labute approximate surface area is 155 Å². The van der Waals surface area contributed by atoms with Crippen LogP contribution in [0.25, 0.3) is 6.08 Å². The van der Waals surface area contributed by atoms with Crippen molar-refractivity contribution in [1.29, 1.82) is 0 Å². The van der Waals surface area contributed by atoms with Gasteiger partial charge in [-0.1, -0.05) is 6.07 Å². The summed E-state index contributed by atoms with van der Waals surface area (Å²) >= 11 is 1.58. The first kappa shape index (κ1) is 17.2. The monoisotopic (exact) mass is 374 g/mol. The number of hydrogen-bond acceptors (Lipinski definition) is 5. The van der Waals surface area contributed by atoms with Crippen LogP contribution >= 0.6 is 11.3 Å². The van der Waals surface area contributed by atoms with Crippen LogP contribution in [-0.2, 0) is 9.53 Å². The zero-order chi connectivity index (χ0) is 17.9. The molecule has 3 atom stereocenters. The van der Waals surface area contributed by atoms with Crippen LogP contribution in [0, 0.1) is 5.82 Å². The highest BCUT2D eigenvalue weighted by Gasteiger charge is 2.47. The molecule has 0 aliphatic carbocycles. The first-order valence-corrected chi connectivity index (χ1v) is 9.51. The molecule has 2 aromatic rings. The summed E-state index contributed by atoms with van der Waals surface area (Å²) in [6.07, 6.45) is 5.95. The van der Waals surface area contributed by atoms with Crippen molar-refractivity contribution in [3.05, 3.63) is 52.6 Å². The van der Waals surface area contributed by atoms with Gasteiger partial charge in [-0.2, -0.15) is 0 Å². The zero-order valence-corrected chi connectivity index (χ0v) is 14.9. The number of carbonyl (C=O) groups excluding carboxylic acids is 1. The average molecular weight is 374 g/mol. The Morgan fingerprint density at radius 3 is 3.15 bits per heavy atom. The fourth-order valence-electron chi connectivity index (χ4n) is 3.50. The topological polar surface area (TPSA) is 51.7 Å². The molecule has 0 aromatic carbocycles. The number of amides is 1. The van der Waals surface area contributed by atoms with Crippen molar-refractivity contribution in [2.75, 3.05) is 13.2 Å². The van der Waals surface area contributed by atoms with Crippen LogP contribution in [0.15, 0.2) is 41.9 Å². The molecule has 1 amide bonds. The smallest absolute Gasteiger partial charge is 0.250 e. The predicted octanol–water partition coefficient (Wildman–Crippen LogP) is 3.13. The molecule has 136 valence electrons. The highest BCUT2D eigenvalue weighted by molar-refractivity contribution is 7.10. The second-order valence-corrected chi connectivity index (χ2v) is 7.31. The van der Waals surface area contributed by atoms with Gasteiger partial charge < -0.3 is 14.4 Å². The Kier molecular flexibility index (Phi) is 4.99. The molecule has 26 heavy (non-hydrogen) atoms. The van der Waals surface area contributed by atoms with Crippen LogP contribution in [-0.4, -0.2) is 47.2 Å². The molecule has 2 aliphatic rings. The summed E-state index contributed by atoms with van der Waals surface area (Å²) in [5, 5.41) is 1.97. The van der Waals surface area contributed by atoms with E-state index in [9.17, 15) is 9.18 Å². The molecule has 0 saturated carbocycles. The molecule has 2 aromatic heterocycles. The van der Waals surface area contributed by atoms with E-state index in [0.29, 0.717) is 13.2 Å². The Hall–Kier alpha value is -2.25. The quantitative estimate of drug-likeness (QED) is 0.772. The first-order chi connectivity index (χ1) is 12.7. The Morgan fingerprint density at radius 2 is 2.35 bits per heavy atom.